The van der Waals surface area contributed by atoms with Crippen LogP contribution in [0.1, 0.15) is 21.5 Å². The highest BCUT2D eigenvalue weighted by Gasteiger charge is 2.19. The number of benzene rings is 3. The minimum Gasteiger partial charge on any atom is -0.366 e. The Labute approximate surface area is 177 Å². The van der Waals surface area contributed by atoms with Crippen LogP contribution in [0, 0.1) is 12.7 Å². The summed E-state index contributed by atoms with van der Waals surface area (Å²) in [5, 5.41) is 9.86. The van der Waals surface area contributed by atoms with Crippen LogP contribution in [0.25, 0.3) is 22.2 Å². The van der Waals surface area contributed by atoms with Crippen molar-refractivity contribution in [1.29, 1.82) is 0 Å². The second-order valence-corrected chi connectivity index (χ2v) is 7.02. The maximum atomic E-state index is 13.9. The molecule has 4 rings (SSSR count). The first-order chi connectivity index (χ1) is 14.9. The topological polar surface area (TPSA) is 110 Å². The third-order valence-corrected chi connectivity index (χ3v) is 4.85. The fourth-order valence-electron chi connectivity index (χ4n) is 3.36. The minimum absolute atomic E-state index is 0.0966. The lowest BCUT2D eigenvalue weighted by Gasteiger charge is -2.11. The van der Waals surface area contributed by atoms with Crippen LogP contribution in [0.15, 0.2) is 65.2 Å². The number of halogens is 1. The van der Waals surface area contributed by atoms with Crippen LogP contribution in [-0.4, -0.2) is 17.1 Å². The van der Waals surface area contributed by atoms with E-state index in [0.29, 0.717) is 27.8 Å². The van der Waals surface area contributed by atoms with Gasteiger partial charge in [-0.2, -0.15) is 0 Å². The van der Waals surface area contributed by atoms with Crippen molar-refractivity contribution in [3.05, 3.63) is 83.2 Å². The molecular formula is C23H19FN4O3. The van der Waals surface area contributed by atoms with Gasteiger partial charge in [-0.3, -0.25) is 4.79 Å². The van der Waals surface area contributed by atoms with Crippen molar-refractivity contribution in [2.45, 2.75) is 13.5 Å². The van der Waals surface area contributed by atoms with Gasteiger partial charge in [0, 0.05) is 12.1 Å². The summed E-state index contributed by atoms with van der Waals surface area (Å²) in [4.78, 5) is 24.2. The highest BCUT2D eigenvalue weighted by molar-refractivity contribution is 6.10. The Morgan fingerprint density at radius 2 is 1.90 bits per heavy atom. The Bertz CT molecular complexity index is 1300. The average Bonchev–Trinajstić information content (AvgIpc) is 3.19. The van der Waals surface area contributed by atoms with Crippen LogP contribution in [0.5, 0.6) is 0 Å². The first-order valence-corrected chi connectivity index (χ1v) is 9.51. The summed E-state index contributed by atoms with van der Waals surface area (Å²) in [7, 11) is 0. The monoisotopic (exact) mass is 418 g/mol. The molecule has 4 N–H and O–H groups in total. The molecule has 0 aliphatic heterocycles. The van der Waals surface area contributed by atoms with Gasteiger partial charge in [0.2, 0.25) is 5.91 Å². The number of carbonyl (C=O) groups is 2. The molecule has 1 heterocycles. The van der Waals surface area contributed by atoms with E-state index in [-0.39, 0.29) is 12.2 Å². The van der Waals surface area contributed by atoms with Gasteiger partial charge in [-0.1, -0.05) is 41.6 Å². The molecule has 0 bridgehead atoms. The van der Waals surface area contributed by atoms with Crippen molar-refractivity contribution in [3.63, 3.8) is 0 Å². The second kappa shape index (κ2) is 8.27. The SMILES string of the molecule is Cc1ccc(F)c(NC(=O)NCc2ccccc2-c2noc3cccc(C(N)=O)c23)c1. The van der Waals surface area contributed by atoms with Crippen molar-refractivity contribution >= 4 is 28.6 Å². The number of fused-ring (bicyclic) bond motifs is 1. The van der Waals surface area contributed by atoms with Gasteiger partial charge in [0.25, 0.3) is 0 Å². The van der Waals surface area contributed by atoms with Gasteiger partial charge in [-0.25, -0.2) is 9.18 Å². The number of primary amides is 1. The summed E-state index contributed by atoms with van der Waals surface area (Å²) in [5.74, 6) is -1.11. The lowest BCUT2D eigenvalue weighted by Crippen LogP contribution is -2.28. The summed E-state index contributed by atoms with van der Waals surface area (Å²) in [6, 6.07) is 16.1. The smallest absolute Gasteiger partial charge is 0.319 e. The number of hydrogen-bond donors (Lipinski definition) is 3. The molecule has 0 unspecified atom stereocenters. The molecule has 3 aromatic carbocycles. The number of aryl methyl sites for hydroxylation is 1. The van der Waals surface area contributed by atoms with Gasteiger partial charge >= 0.3 is 6.03 Å². The minimum atomic E-state index is -0.592. The molecule has 0 radical (unpaired) electrons. The van der Waals surface area contributed by atoms with Gasteiger partial charge < -0.3 is 20.9 Å². The van der Waals surface area contributed by atoms with E-state index >= 15 is 0 Å². The number of amides is 3. The first-order valence-electron chi connectivity index (χ1n) is 9.51. The molecule has 0 spiro atoms. The molecule has 31 heavy (non-hydrogen) atoms. The zero-order valence-corrected chi connectivity index (χ0v) is 16.6. The van der Waals surface area contributed by atoms with Gasteiger partial charge in [-0.05, 0) is 42.3 Å². The Kier molecular flexibility index (Phi) is 5.36. The molecule has 1 aromatic heterocycles. The highest BCUT2D eigenvalue weighted by Crippen LogP contribution is 2.32. The van der Waals surface area contributed by atoms with Gasteiger partial charge in [0.1, 0.15) is 11.5 Å². The first kappa shape index (κ1) is 20.1. The lowest BCUT2D eigenvalue weighted by atomic mass is 9.99. The molecule has 0 aliphatic rings. The Morgan fingerprint density at radius 1 is 1.10 bits per heavy atom. The van der Waals surface area contributed by atoms with Crippen LogP contribution >= 0.6 is 0 Å². The van der Waals surface area contributed by atoms with Gasteiger partial charge in [0.05, 0.1) is 16.6 Å². The van der Waals surface area contributed by atoms with E-state index in [1.165, 1.54) is 6.07 Å². The van der Waals surface area contributed by atoms with Crippen molar-refractivity contribution in [1.82, 2.24) is 10.5 Å². The van der Waals surface area contributed by atoms with E-state index in [4.69, 9.17) is 10.3 Å². The van der Waals surface area contributed by atoms with E-state index < -0.39 is 17.8 Å². The van der Waals surface area contributed by atoms with Crippen LogP contribution in [0.2, 0.25) is 0 Å². The zero-order valence-electron chi connectivity index (χ0n) is 16.6. The number of nitrogens with zero attached hydrogens (tertiary/aromatic N) is 1. The number of urea groups is 1. The molecule has 4 aromatic rings. The molecule has 0 atom stereocenters. The molecule has 0 saturated carbocycles. The van der Waals surface area contributed by atoms with E-state index in [2.05, 4.69) is 15.8 Å². The van der Waals surface area contributed by atoms with Gasteiger partial charge in [0.15, 0.2) is 5.58 Å². The third kappa shape index (κ3) is 4.09. The largest absolute Gasteiger partial charge is 0.366 e. The van der Waals surface area contributed by atoms with Crippen molar-refractivity contribution in [2.75, 3.05) is 5.32 Å². The highest BCUT2D eigenvalue weighted by atomic mass is 19.1. The number of anilines is 1. The fraction of sp³-hybridized carbons (Fsp3) is 0.0870. The Hall–Kier alpha value is -4.20. The molecule has 156 valence electrons. The average molecular weight is 418 g/mol. The third-order valence-electron chi connectivity index (χ3n) is 4.85. The van der Waals surface area contributed by atoms with E-state index in [1.807, 2.05) is 24.3 Å². The maximum absolute atomic E-state index is 13.9. The molecular weight excluding hydrogens is 399 g/mol. The van der Waals surface area contributed by atoms with Crippen LogP contribution in [0.3, 0.4) is 0 Å². The molecule has 0 saturated heterocycles. The summed E-state index contributed by atoms with van der Waals surface area (Å²) >= 11 is 0. The molecule has 0 aliphatic carbocycles. The van der Waals surface area contributed by atoms with Crippen molar-refractivity contribution < 1.29 is 18.5 Å². The summed E-state index contributed by atoms with van der Waals surface area (Å²) in [6.45, 7) is 1.95. The summed E-state index contributed by atoms with van der Waals surface area (Å²) < 4.78 is 19.3. The van der Waals surface area contributed by atoms with E-state index in [1.54, 1.807) is 37.3 Å². The number of hydrogen-bond acceptors (Lipinski definition) is 4. The standard InChI is InChI=1S/C23H19FN4O3/c1-13-9-10-17(24)18(11-13)27-23(30)26-12-14-5-2-3-6-15(14)21-20-16(22(25)29)7-4-8-19(20)31-28-21/h2-11H,12H2,1H3,(H2,25,29)(H2,26,27,30). The number of nitrogens with one attached hydrogen (secondary N) is 2. The quantitative estimate of drug-likeness (QED) is 0.447. The summed E-state index contributed by atoms with van der Waals surface area (Å²) in [6.07, 6.45) is 0. The second-order valence-electron chi connectivity index (χ2n) is 7.02. The number of carbonyl (C=O) groups excluding carboxylic acids is 2. The molecule has 3 amide bonds. The number of nitrogens with two attached hydrogens (primary N) is 1. The van der Waals surface area contributed by atoms with Crippen LogP contribution in [0.4, 0.5) is 14.9 Å². The zero-order chi connectivity index (χ0) is 22.0. The molecule has 8 heteroatoms. The van der Waals surface area contributed by atoms with E-state index in [0.717, 1.165) is 11.1 Å². The van der Waals surface area contributed by atoms with Crippen LogP contribution < -0.4 is 16.4 Å². The van der Waals surface area contributed by atoms with Gasteiger partial charge in [-0.15, -0.1) is 0 Å². The lowest BCUT2D eigenvalue weighted by molar-refractivity contribution is 0.100. The Balaban J connectivity index is 1.60. The predicted octanol–water partition coefficient (Wildman–Crippen LogP) is 4.36. The maximum Gasteiger partial charge on any atom is 0.319 e. The fourth-order valence-corrected chi connectivity index (χ4v) is 3.36. The molecule has 7 nitrogen and oxygen atoms in total. The summed E-state index contributed by atoms with van der Waals surface area (Å²) in [5.41, 5.74) is 9.02. The number of rotatable bonds is 5. The molecule has 0 fully saturated rings. The van der Waals surface area contributed by atoms with Crippen molar-refractivity contribution in [2.24, 2.45) is 5.73 Å². The number of aromatic nitrogens is 1. The van der Waals surface area contributed by atoms with E-state index in [9.17, 15) is 14.0 Å². The van der Waals surface area contributed by atoms with Crippen molar-refractivity contribution in [3.8, 4) is 11.3 Å². The Morgan fingerprint density at radius 3 is 2.71 bits per heavy atom. The predicted molar refractivity (Wildman–Crippen MR) is 115 cm³/mol. The normalized spacial score (nSPS) is 10.8. The van der Waals surface area contributed by atoms with Crippen LogP contribution in [-0.2, 0) is 6.54 Å².